The fourth-order valence-corrected chi connectivity index (χ4v) is 1.92. The lowest BCUT2D eigenvalue weighted by Gasteiger charge is -2.35. The molecule has 0 spiro atoms. The lowest BCUT2D eigenvalue weighted by molar-refractivity contribution is -0.924. The maximum Gasteiger partial charge on any atom is 0.224 e. The van der Waals surface area contributed by atoms with Gasteiger partial charge in [0.05, 0.1) is 19.6 Å². The van der Waals surface area contributed by atoms with Crippen LogP contribution in [0.4, 0.5) is 0 Å². The van der Waals surface area contributed by atoms with Crippen LogP contribution in [0.15, 0.2) is 12.7 Å². The fraction of sp³-hybridized carbons (Fsp3) is 0.786. The molecule has 100 valence electrons. The minimum absolute atomic E-state index is 0.187. The van der Waals surface area contributed by atoms with Crippen molar-refractivity contribution in [1.82, 2.24) is 5.32 Å². The second-order valence-corrected chi connectivity index (χ2v) is 4.58. The van der Waals surface area contributed by atoms with Crippen molar-refractivity contribution in [3.05, 3.63) is 12.7 Å². The summed E-state index contributed by atoms with van der Waals surface area (Å²) in [4.78, 5) is 11.7. The van der Waals surface area contributed by atoms with Crippen LogP contribution in [-0.4, -0.2) is 36.7 Å². The van der Waals surface area contributed by atoms with E-state index in [1.807, 2.05) is 6.08 Å². The summed E-state index contributed by atoms with van der Waals surface area (Å²) in [6.45, 7) is 14.2. The number of rotatable bonds is 10. The van der Waals surface area contributed by atoms with Crippen LogP contribution in [0.3, 0.4) is 0 Å². The van der Waals surface area contributed by atoms with Crippen LogP contribution in [0.2, 0.25) is 0 Å². The molecule has 3 heteroatoms. The van der Waals surface area contributed by atoms with Gasteiger partial charge in [-0.05, 0) is 40.0 Å². The van der Waals surface area contributed by atoms with Gasteiger partial charge in [-0.2, -0.15) is 0 Å². The molecule has 0 heterocycles. The van der Waals surface area contributed by atoms with Gasteiger partial charge >= 0.3 is 0 Å². The summed E-state index contributed by atoms with van der Waals surface area (Å²) in [6, 6.07) is 0. The Labute approximate surface area is 106 Å². The Bertz CT molecular complexity index is 214. The number of nitrogens with one attached hydrogen (secondary N) is 1. The van der Waals surface area contributed by atoms with E-state index < -0.39 is 0 Å². The lowest BCUT2D eigenvalue weighted by atomic mass is 10.2. The summed E-state index contributed by atoms with van der Waals surface area (Å²) in [5, 5.41) is 3.06. The number of amides is 1. The van der Waals surface area contributed by atoms with Crippen molar-refractivity contribution < 1.29 is 9.28 Å². The number of carbonyl (C=O) groups excluding carboxylic acids is 1. The van der Waals surface area contributed by atoms with E-state index in [9.17, 15) is 4.79 Å². The Morgan fingerprint density at radius 2 is 1.76 bits per heavy atom. The molecule has 0 saturated heterocycles. The SMILES string of the molecule is C=CCCCCC(=O)NC[N+](CC)(CC)CC. The average molecular weight is 241 g/mol. The van der Waals surface area contributed by atoms with Gasteiger partial charge in [0.15, 0.2) is 6.67 Å². The normalized spacial score (nSPS) is 11.2. The van der Waals surface area contributed by atoms with Crippen LogP contribution < -0.4 is 5.32 Å². The van der Waals surface area contributed by atoms with Crippen molar-refractivity contribution in [3.8, 4) is 0 Å². The smallest absolute Gasteiger partial charge is 0.224 e. The van der Waals surface area contributed by atoms with E-state index in [1.54, 1.807) is 0 Å². The van der Waals surface area contributed by atoms with Gasteiger partial charge in [-0.15, -0.1) is 6.58 Å². The highest BCUT2D eigenvalue weighted by atomic mass is 16.1. The molecule has 0 aromatic rings. The highest BCUT2D eigenvalue weighted by Gasteiger charge is 2.20. The van der Waals surface area contributed by atoms with Crippen LogP contribution in [0.25, 0.3) is 0 Å². The average Bonchev–Trinajstić information content (AvgIpc) is 2.37. The molecule has 3 nitrogen and oxygen atoms in total. The largest absolute Gasteiger partial charge is 0.309 e. The van der Waals surface area contributed by atoms with Crippen molar-refractivity contribution in [2.24, 2.45) is 0 Å². The molecule has 0 aliphatic carbocycles. The third-order valence-corrected chi connectivity index (χ3v) is 3.69. The first-order valence-corrected chi connectivity index (χ1v) is 6.86. The predicted molar refractivity (Wildman–Crippen MR) is 73.6 cm³/mol. The van der Waals surface area contributed by atoms with Crippen molar-refractivity contribution in [3.63, 3.8) is 0 Å². The number of allylic oxidation sites excluding steroid dienone is 1. The molecule has 0 fully saturated rings. The van der Waals surface area contributed by atoms with E-state index in [4.69, 9.17) is 0 Å². The van der Waals surface area contributed by atoms with E-state index >= 15 is 0 Å². The molecule has 1 N–H and O–H groups in total. The minimum Gasteiger partial charge on any atom is -0.309 e. The zero-order valence-electron chi connectivity index (χ0n) is 11.8. The van der Waals surface area contributed by atoms with E-state index in [2.05, 4.69) is 32.7 Å². The summed E-state index contributed by atoms with van der Waals surface area (Å²) in [5.41, 5.74) is 0. The number of nitrogens with zero attached hydrogens (tertiary/aromatic N) is 1. The van der Waals surface area contributed by atoms with Crippen molar-refractivity contribution in [1.29, 1.82) is 0 Å². The summed E-state index contributed by atoms with van der Waals surface area (Å²) in [6.07, 6.45) is 5.58. The van der Waals surface area contributed by atoms with Gasteiger partial charge in [0.2, 0.25) is 5.91 Å². The zero-order valence-corrected chi connectivity index (χ0v) is 11.8. The second kappa shape index (κ2) is 9.23. The van der Waals surface area contributed by atoms with Crippen molar-refractivity contribution in [2.75, 3.05) is 26.3 Å². The molecule has 0 saturated carbocycles. The first kappa shape index (κ1) is 16.2. The van der Waals surface area contributed by atoms with Crippen LogP contribution in [0.1, 0.15) is 46.5 Å². The van der Waals surface area contributed by atoms with E-state index in [0.29, 0.717) is 6.42 Å². The molecule has 0 aliphatic heterocycles. The molecular weight excluding hydrogens is 212 g/mol. The van der Waals surface area contributed by atoms with Gasteiger partial charge in [0, 0.05) is 6.42 Å². The highest BCUT2D eigenvalue weighted by Crippen LogP contribution is 2.04. The molecule has 0 rings (SSSR count). The first-order valence-electron chi connectivity index (χ1n) is 6.86. The minimum atomic E-state index is 0.187. The second-order valence-electron chi connectivity index (χ2n) is 4.58. The quantitative estimate of drug-likeness (QED) is 0.271. The Kier molecular flexibility index (Phi) is 8.78. The fourth-order valence-electron chi connectivity index (χ4n) is 1.92. The van der Waals surface area contributed by atoms with E-state index in [1.165, 1.54) is 0 Å². The molecule has 1 amide bonds. The zero-order chi connectivity index (χ0) is 13.1. The van der Waals surface area contributed by atoms with Gasteiger partial charge in [-0.1, -0.05) is 6.08 Å². The molecule has 17 heavy (non-hydrogen) atoms. The molecular formula is C14H29N2O+. The van der Waals surface area contributed by atoms with Crippen LogP contribution >= 0.6 is 0 Å². The lowest BCUT2D eigenvalue weighted by Crippen LogP contribution is -2.54. The molecule has 0 bridgehead atoms. The topological polar surface area (TPSA) is 29.1 Å². The highest BCUT2D eigenvalue weighted by molar-refractivity contribution is 5.75. The number of hydrogen-bond acceptors (Lipinski definition) is 1. The maximum absolute atomic E-state index is 11.7. The van der Waals surface area contributed by atoms with Gasteiger partial charge in [0.25, 0.3) is 0 Å². The maximum atomic E-state index is 11.7. The monoisotopic (exact) mass is 241 g/mol. The Balaban J connectivity index is 3.84. The van der Waals surface area contributed by atoms with Crippen LogP contribution in [-0.2, 0) is 4.79 Å². The summed E-state index contributed by atoms with van der Waals surface area (Å²) in [5.74, 6) is 0.187. The van der Waals surface area contributed by atoms with Crippen molar-refractivity contribution in [2.45, 2.75) is 46.5 Å². The Morgan fingerprint density at radius 1 is 1.18 bits per heavy atom. The summed E-state index contributed by atoms with van der Waals surface area (Å²) in [7, 11) is 0. The molecule has 0 unspecified atom stereocenters. The van der Waals surface area contributed by atoms with Gasteiger partial charge in [-0.3, -0.25) is 4.79 Å². The third-order valence-electron chi connectivity index (χ3n) is 3.69. The van der Waals surface area contributed by atoms with Crippen molar-refractivity contribution >= 4 is 5.91 Å². The molecule has 0 atom stereocenters. The standard InChI is InChI=1S/C14H28N2O/c1-5-9-10-11-12-14(17)15-13-16(6-2,7-3)8-4/h5H,1,6-13H2,2-4H3/p+1. The number of hydrogen-bond donors (Lipinski definition) is 1. The van der Waals surface area contributed by atoms with Gasteiger partial charge in [-0.25, -0.2) is 0 Å². The Morgan fingerprint density at radius 3 is 2.24 bits per heavy atom. The summed E-state index contributed by atoms with van der Waals surface area (Å²) < 4.78 is 0.971. The molecule has 0 radical (unpaired) electrons. The molecule has 0 aliphatic rings. The number of carbonyl (C=O) groups is 1. The first-order chi connectivity index (χ1) is 8.14. The van der Waals surface area contributed by atoms with Gasteiger partial charge < -0.3 is 9.80 Å². The third kappa shape index (κ3) is 6.47. The van der Waals surface area contributed by atoms with E-state index in [0.717, 1.165) is 50.0 Å². The van der Waals surface area contributed by atoms with Crippen LogP contribution in [0.5, 0.6) is 0 Å². The molecule has 0 aromatic carbocycles. The van der Waals surface area contributed by atoms with E-state index in [-0.39, 0.29) is 5.91 Å². The number of quaternary nitrogens is 1. The van der Waals surface area contributed by atoms with Crippen LogP contribution in [0, 0.1) is 0 Å². The van der Waals surface area contributed by atoms with Gasteiger partial charge in [0.1, 0.15) is 0 Å². The summed E-state index contributed by atoms with van der Waals surface area (Å²) >= 11 is 0. The Hall–Kier alpha value is -0.830. The number of unbranched alkanes of at least 4 members (excludes halogenated alkanes) is 2. The predicted octanol–water partition coefficient (Wildman–Crippen LogP) is 2.68. The molecule has 0 aromatic heterocycles.